The second-order valence-corrected chi connectivity index (χ2v) is 2.76. The number of aromatic nitrogens is 1. The van der Waals surface area contributed by atoms with Gasteiger partial charge in [-0.2, -0.15) is 0 Å². The highest BCUT2D eigenvalue weighted by molar-refractivity contribution is 5.47. The summed E-state index contributed by atoms with van der Waals surface area (Å²) in [4.78, 5) is 6.03. The molecule has 3 heteroatoms. The third kappa shape index (κ3) is 1.19. The maximum absolute atomic E-state index is 9.02. The molecule has 1 saturated heterocycles. The van der Waals surface area contributed by atoms with Gasteiger partial charge in [-0.15, -0.1) is 0 Å². The minimum Gasteiger partial charge on any atom is -0.389 e. The molecule has 1 aromatic rings. The van der Waals surface area contributed by atoms with Crippen LogP contribution < -0.4 is 4.90 Å². The van der Waals surface area contributed by atoms with Crippen molar-refractivity contribution in [2.75, 3.05) is 18.0 Å². The fraction of sp³-hybridized carbons (Fsp3) is 0.375. The van der Waals surface area contributed by atoms with Crippen LogP contribution in [0.1, 0.15) is 0 Å². The van der Waals surface area contributed by atoms with Crippen LogP contribution in [0.15, 0.2) is 24.5 Å². The Labute approximate surface area is 65.3 Å². The molecular weight excluding hydrogens is 140 g/mol. The monoisotopic (exact) mass is 150 g/mol. The van der Waals surface area contributed by atoms with Crippen LogP contribution in [0.25, 0.3) is 0 Å². The lowest BCUT2D eigenvalue weighted by Crippen LogP contribution is -2.50. The molecule has 11 heavy (non-hydrogen) atoms. The molecule has 2 heterocycles. The smallest absolute Gasteiger partial charge is 0.0889 e. The largest absolute Gasteiger partial charge is 0.389 e. The number of β-amino-alcohol motifs (C(OH)–C–C–N with tert-alkyl or cyclic N) is 1. The van der Waals surface area contributed by atoms with Crippen LogP contribution >= 0.6 is 0 Å². The molecule has 1 N–H and O–H groups in total. The van der Waals surface area contributed by atoms with Crippen LogP contribution in [0.4, 0.5) is 5.69 Å². The van der Waals surface area contributed by atoms with Crippen LogP contribution in [0.2, 0.25) is 0 Å². The molecule has 0 saturated carbocycles. The Balaban J connectivity index is 2.08. The first-order valence-corrected chi connectivity index (χ1v) is 3.69. The molecule has 1 aliphatic rings. The first-order chi connectivity index (χ1) is 5.36. The lowest BCUT2D eigenvalue weighted by molar-refractivity contribution is 0.142. The summed E-state index contributed by atoms with van der Waals surface area (Å²) in [5.41, 5.74) is 1.14. The van der Waals surface area contributed by atoms with E-state index in [1.165, 1.54) is 0 Å². The van der Waals surface area contributed by atoms with Gasteiger partial charge in [0.15, 0.2) is 0 Å². The van der Waals surface area contributed by atoms with E-state index in [4.69, 9.17) is 5.11 Å². The van der Waals surface area contributed by atoms with Gasteiger partial charge < -0.3 is 10.0 Å². The molecule has 1 aliphatic heterocycles. The summed E-state index contributed by atoms with van der Waals surface area (Å²) < 4.78 is 0. The SMILES string of the molecule is OC1CN(c2ccncc2)C1. The summed E-state index contributed by atoms with van der Waals surface area (Å²) in [5.74, 6) is 0. The summed E-state index contributed by atoms with van der Waals surface area (Å²) in [5, 5.41) is 9.02. The maximum atomic E-state index is 9.02. The van der Waals surface area contributed by atoms with Gasteiger partial charge in [-0.25, -0.2) is 0 Å². The van der Waals surface area contributed by atoms with Crippen molar-refractivity contribution in [3.8, 4) is 0 Å². The molecule has 3 nitrogen and oxygen atoms in total. The van der Waals surface area contributed by atoms with Crippen molar-refractivity contribution in [3.05, 3.63) is 24.5 Å². The maximum Gasteiger partial charge on any atom is 0.0889 e. The number of aliphatic hydroxyl groups excluding tert-OH is 1. The highest BCUT2D eigenvalue weighted by Gasteiger charge is 2.23. The Morgan fingerprint density at radius 3 is 2.55 bits per heavy atom. The number of nitrogens with zero attached hydrogens (tertiary/aromatic N) is 2. The van der Waals surface area contributed by atoms with Gasteiger partial charge in [-0.3, -0.25) is 4.98 Å². The zero-order valence-electron chi connectivity index (χ0n) is 6.14. The molecule has 0 spiro atoms. The topological polar surface area (TPSA) is 36.4 Å². The van der Waals surface area contributed by atoms with Crippen molar-refractivity contribution in [2.24, 2.45) is 0 Å². The zero-order valence-corrected chi connectivity index (χ0v) is 6.14. The Hall–Kier alpha value is -1.09. The fourth-order valence-corrected chi connectivity index (χ4v) is 1.22. The van der Waals surface area contributed by atoms with E-state index >= 15 is 0 Å². The number of anilines is 1. The van der Waals surface area contributed by atoms with Crippen molar-refractivity contribution in [1.82, 2.24) is 4.98 Å². The second-order valence-electron chi connectivity index (χ2n) is 2.76. The van der Waals surface area contributed by atoms with Gasteiger partial charge in [-0.05, 0) is 12.1 Å². The highest BCUT2D eigenvalue weighted by Crippen LogP contribution is 2.18. The van der Waals surface area contributed by atoms with Gasteiger partial charge in [-0.1, -0.05) is 0 Å². The van der Waals surface area contributed by atoms with Crippen LogP contribution in [0, 0.1) is 0 Å². The van der Waals surface area contributed by atoms with Gasteiger partial charge in [0, 0.05) is 31.2 Å². The predicted octanol–water partition coefficient (Wildman–Crippen LogP) is 0.262. The highest BCUT2D eigenvalue weighted by atomic mass is 16.3. The van der Waals surface area contributed by atoms with Crippen molar-refractivity contribution < 1.29 is 5.11 Å². The third-order valence-electron chi connectivity index (χ3n) is 1.89. The zero-order chi connectivity index (χ0) is 7.68. The summed E-state index contributed by atoms with van der Waals surface area (Å²) >= 11 is 0. The Morgan fingerprint density at radius 1 is 1.36 bits per heavy atom. The Bertz CT molecular complexity index is 231. The van der Waals surface area contributed by atoms with Gasteiger partial charge in [0.2, 0.25) is 0 Å². The fourth-order valence-electron chi connectivity index (χ4n) is 1.22. The first-order valence-electron chi connectivity index (χ1n) is 3.69. The summed E-state index contributed by atoms with van der Waals surface area (Å²) in [6.07, 6.45) is 3.39. The number of hydrogen-bond donors (Lipinski definition) is 1. The quantitative estimate of drug-likeness (QED) is 0.624. The molecule has 0 bridgehead atoms. The Morgan fingerprint density at radius 2 is 2.00 bits per heavy atom. The molecular formula is C8H10N2O. The minimum atomic E-state index is -0.136. The number of pyridine rings is 1. The van der Waals surface area contributed by atoms with E-state index in [1.807, 2.05) is 12.1 Å². The van der Waals surface area contributed by atoms with E-state index in [2.05, 4.69) is 9.88 Å². The molecule has 0 amide bonds. The molecule has 0 radical (unpaired) electrons. The van der Waals surface area contributed by atoms with Crippen LogP contribution in [0.5, 0.6) is 0 Å². The van der Waals surface area contributed by atoms with Gasteiger partial charge >= 0.3 is 0 Å². The molecule has 58 valence electrons. The van der Waals surface area contributed by atoms with Crippen molar-refractivity contribution >= 4 is 5.69 Å². The molecule has 0 unspecified atom stereocenters. The minimum absolute atomic E-state index is 0.136. The molecule has 0 aliphatic carbocycles. The van der Waals surface area contributed by atoms with Gasteiger partial charge in [0.25, 0.3) is 0 Å². The van der Waals surface area contributed by atoms with E-state index in [0.717, 1.165) is 18.8 Å². The van der Waals surface area contributed by atoms with E-state index in [-0.39, 0.29) is 6.10 Å². The lowest BCUT2D eigenvalue weighted by atomic mass is 10.1. The molecule has 0 aromatic carbocycles. The van der Waals surface area contributed by atoms with Gasteiger partial charge in [0.05, 0.1) is 6.10 Å². The average molecular weight is 150 g/mol. The summed E-state index contributed by atoms with van der Waals surface area (Å²) in [7, 11) is 0. The molecule has 0 atom stereocenters. The third-order valence-corrected chi connectivity index (χ3v) is 1.89. The van der Waals surface area contributed by atoms with Crippen LogP contribution in [0.3, 0.4) is 0 Å². The molecule has 1 aromatic heterocycles. The normalized spacial score (nSPS) is 18.1. The van der Waals surface area contributed by atoms with Crippen molar-refractivity contribution in [2.45, 2.75) is 6.10 Å². The standard InChI is InChI=1S/C8H10N2O/c11-8-5-10(6-8)7-1-3-9-4-2-7/h1-4,8,11H,5-6H2. The molecule has 1 fully saturated rings. The van der Waals surface area contributed by atoms with E-state index < -0.39 is 0 Å². The first kappa shape index (κ1) is 6.61. The number of hydrogen-bond acceptors (Lipinski definition) is 3. The Kier molecular flexibility index (Phi) is 1.51. The van der Waals surface area contributed by atoms with E-state index in [1.54, 1.807) is 12.4 Å². The summed E-state index contributed by atoms with van der Waals surface area (Å²) in [6.45, 7) is 1.51. The van der Waals surface area contributed by atoms with Crippen molar-refractivity contribution in [3.63, 3.8) is 0 Å². The van der Waals surface area contributed by atoms with Crippen LogP contribution in [-0.4, -0.2) is 29.3 Å². The molecule has 2 rings (SSSR count). The van der Waals surface area contributed by atoms with E-state index in [0.29, 0.717) is 0 Å². The number of rotatable bonds is 1. The number of aliphatic hydroxyl groups is 1. The summed E-state index contributed by atoms with van der Waals surface area (Å²) in [6, 6.07) is 3.90. The second kappa shape index (κ2) is 2.51. The predicted molar refractivity (Wildman–Crippen MR) is 42.5 cm³/mol. The van der Waals surface area contributed by atoms with Gasteiger partial charge in [0.1, 0.15) is 0 Å². The van der Waals surface area contributed by atoms with E-state index in [9.17, 15) is 0 Å². The lowest BCUT2D eigenvalue weighted by Gasteiger charge is -2.37. The average Bonchev–Trinajstić information content (AvgIpc) is 2.01. The van der Waals surface area contributed by atoms with Crippen LogP contribution in [-0.2, 0) is 0 Å². The van der Waals surface area contributed by atoms with Crippen molar-refractivity contribution in [1.29, 1.82) is 0 Å².